The molecule has 3 aromatic heterocycles. The van der Waals surface area contributed by atoms with Gasteiger partial charge in [-0.3, -0.25) is 4.40 Å². The predicted octanol–water partition coefficient (Wildman–Crippen LogP) is 0.655. The van der Waals surface area contributed by atoms with Crippen LogP contribution in [0.1, 0.15) is 25.0 Å². The molecular weight excluding hydrogens is 358 g/mol. The summed E-state index contributed by atoms with van der Waals surface area (Å²) in [4.78, 5) is 4.67. The number of aromatic nitrogens is 6. The molecular formula is C18H27N9O. The molecule has 2 N–H and O–H groups in total. The van der Waals surface area contributed by atoms with E-state index in [0.29, 0.717) is 19.7 Å². The highest BCUT2D eigenvalue weighted by molar-refractivity contribution is 5.79. The van der Waals surface area contributed by atoms with Crippen LogP contribution in [0.15, 0.2) is 35.7 Å². The van der Waals surface area contributed by atoms with E-state index in [0.717, 1.165) is 49.2 Å². The topological polar surface area (TPSA) is 107 Å². The number of hydrogen-bond acceptors (Lipinski definition) is 6. The molecule has 0 unspecified atom stereocenters. The smallest absolute Gasteiger partial charge is 0.191 e. The highest BCUT2D eigenvalue weighted by Gasteiger charge is 2.06. The first-order valence-electron chi connectivity index (χ1n) is 9.48. The first-order valence-corrected chi connectivity index (χ1v) is 9.48. The van der Waals surface area contributed by atoms with E-state index in [4.69, 9.17) is 4.74 Å². The summed E-state index contributed by atoms with van der Waals surface area (Å²) in [5.74, 6) is 2.50. The number of aliphatic imine (C=N–C) groups is 1. The highest BCUT2D eigenvalue weighted by Crippen LogP contribution is 2.03. The van der Waals surface area contributed by atoms with Crippen molar-refractivity contribution in [2.24, 2.45) is 4.99 Å². The first kappa shape index (κ1) is 19.7. The Morgan fingerprint density at radius 3 is 2.89 bits per heavy atom. The fraction of sp³-hybridized carbons (Fsp3) is 0.500. The van der Waals surface area contributed by atoms with Crippen LogP contribution in [0.2, 0.25) is 0 Å². The zero-order valence-corrected chi connectivity index (χ0v) is 16.4. The molecule has 28 heavy (non-hydrogen) atoms. The van der Waals surface area contributed by atoms with Crippen LogP contribution in [0.25, 0.3) is 5.65 Å². The number of guanidine groups is 1. The van der Waals surface area contributed by atoms with Crippen LogP contribution in [-0.2, 0) is 24.2 Å². The SMILES string of the molecule is CCc1nncn1CCNC(=NCc1nnc2ccccn12)NCCCOC. The number of nitrogens with zero attached hydrogens (tertiary/aromatic N) is 7. The lowest BCUT2D eigenvalue weighted by Gasteiger charge is -2.13. The zero-order chi connectivity index (χ0) is 19.6. The number of aryl methyl sites for hydroxylation is 1. The van der Waals surface area contributed by atoms with Gasteiger partial charge in [0.25, 0.3) is 0 Å². The van der Waals surface area contributed by atoms with Gasteiger partial charge in [-0.15, -0.1) is 20.4 Å². The molecule has 0 aliphatic rings. The molecule has 0 saturated carbocycles. The standard InChI is InChI=1S/C18H27N9O/c1-3-15-23-22-14-26(15)11-9-20-18(19-8-6-12-28-2)21-13-17-25-24-16-7-4-5-10-27(16)17/h4-5,7,10,14H,3,6,8-9,11-13H2,1-2H3,(H2,19,20,21). The van der Waals surface area contributed by atoms with Crippen molar-refractivity contribution >= 4 is 11.6 Å². The van der Waals surface area contributed by atoms with Crippen LogP contribution in [0.4, 0.5) is 0 Å². The normalized spacial score (nSPS) is 11.9. The van der Waals surface area contributed by atoms with E-state index in [1.165, 1.54) is 0 Å². The monoisotopic (exact) mass is 385 g/mol. The molecule has 0 atom stereocenters. The van der Waals surface area contributed by atoms with E-state index in [2.05, 4.69) is 42.9 Å². The van der Waals surface area contributed by atoms with Gasteiger partial charge >= 0.3 is 0 Å². The molecule has 0 bridgehead atoms. The first-order chi connectivity index (χ1) is 13.8. The Morgan fingerprint density at radius 1 is 1.14 bits per heavy atom. The number of methoxy groups -OCH3 is 1. The van der Waals surface area contributed by atoms with Crippen molar-refractivity contribution in [2.75, 3.05) is 26.8 Å². The summed E-state index contributed by atoms with van der Waals surface area (Å²) in [6.45, 7) is 5.45. The second-order valence-corrected chi connectivity index (χ2v) is 6.20. The Balaban J connectivity index is 1.61. The molecule has 0 spiro atoms. The van der Waals surface area contributed by atoms with Crippen LogP contribution in [0.5, 0.6) is 0 Å². The molecule has 0 fully saturated rings. The third-order valence-corrected chi connectivity index (χ3v) is 4.24. The lowest BCUT2D eigenvalue weighted by atomic mass is 10.4. The second kappa shape index (κ2) is 10.4. The number of fused-ring (bicyclic) bond motifs is 1. The molecule has 0 amide bonds. The van der Waals surface area contributed by atoms with Gasteiger partial charge in [0.05, 0.1) is 0 Å². The molecule has 0 aromatic carbocycles. The number of ether oxygens (including phenoxy) is 1. The number of hydrogen-bond donors (Lipinski definition) is 2. The van der Waals surface area contributed by atoms with Gasteiger partial charge in [0.2, 0.25) is 0 Å². The number of pyridine rings is 1. The molecule has 10 nitrogen and oxygen atoms in total. The molecule has 3 aromatic rings. The Kier molecular flexibility index (Phi) is 7.30. The largest absolute Gasteiger partial charge is 0.385 e. The molecule has 3 rings (SSSR count). The maximum Gasteiger partial charge on any atom is 0.191 e. The van der Waals surface area contributed by atoms with Crippen LogP contribution in [-0.4, -0.2) is 62.1 Å². The summed E-state index contributed by atoms with van der Waals surface area (Å²) in [7, 11) is 1.70. The Labute approximate surface area is 164 Å². The van der Waals surface area contributed by atoms with Gasteiger partial charge in [-0.05, 0) is 18.6 Å². The van der Waals surface area contributed by atoms with E-state index in [-0.39, 0.29) is 0 Å². The Morgan fingerprint density at radius 2 is 2.04 bits per heavy atom. The fourth-order valence-electron chi connectivity index (χ4n) is 2.78. The lowest BCUT2D eigenvalue weighted by Crippen LogP contribution is -2.39. The van der Waals surface area contributed by atoms with Gasteiger partial charge in [-0.25, -0.2) is 4.99 Å². The predicted molar refractivity (Wildman–Crippen MR) is 106 cm³/mol. The van der Waals surface area contributed by atoms with Gasteiger partial charge in [0.1, 0.15) is 18.7 Å². The second-order valence-electron chi connectivity index (χ2n) is 6.20. The summed E-state index contributed by atoms with van der Waals surface area (Å²) >= 11 is 0. The van der Waals surface area contributed by atoms with Crippen molar-refractivity contribution in [1.29, 1.82) is 0 Å². The zero-order valence-electron chi connectivity index (χ0n) is 16.4. The van der Waals surface area contributed by atoms with Gasteiger partial charge < -0.3 is 19.9 Å². The number of rotatable bonds is 10. The van der Waals surface area contributed by atoms with Crippen LogP contribution >= 0.6 is 0 Å². The molecule has 0 radical (unpaired) electrons. The van der Waals surface area contributed by atoms with Crippen molar-refractivity contribution in [3.63, 3.8) is 0 Å². The van der Waals surface area contributed by atoms with Crippen LogP contribution in [0, 0.1) is 0 Å². The van der Waals surface area contributed by atoms with Gasteiger partial charge in [-0.1, -0.05) is 13.0 Å². The van der Waals surface area contributed by atoms with Crippen molar-refractivity contribution in [3.05, 3.63) is 42.4 Å². The summed E-state index contributed by atoms with van der Waals surface area (Å²) in [5, 5.41) is 23.2. The summed E-state index contributed by atoms with van der Waals surface area (Å²) in [6, 6.07) is 5.82. The summed E-state index contributed by atoms with van der Waals surface area (Å²) in [5.41, 5.74) is 0.815. The average molecular weight is 385 g/mol. The molecule has 0 saturated heterocycles. The van der Waals surface area contributed by atoms with E-state index in [1.807, 2.05) is 33.4 Å². The van der Waals surface area contributed by atoms with Gasteiger partial charge in [-0.2, -0.15) is 0 Å². The van der Waals surface area contributed by atoms with E-state index in [9.17, 15) is 0 Å². The molecule has 0 aliphatic heterocycles. The van der Waals surface area contributed by atoms with Gasteiger partial charge in [0, 0.05) is 46.0 Å². The number of nitrogens with one attached hydrogen (secondary N) is 2. The average Bonchev–Trinajstić information content (AvgIpc) is 3.35. The minimum Gasteiger partial charge on any atom is -0.385 e. The van der Waals surface area contributed by atoms with Crippen LogP contribution in [0.3, 0.4) is 0 Å². The minimum absolute atomic E-state index is 0.428. The van der Waals surface area contributed by atoms with E-state index >= 15 is 0 Å². The summed E-state index contributed by atoms with van der Waals surface area (Å²) in [6.07, 6.45) is 5.45. The van der Waals surface area contributed by atoms with E-state index < -0.39 is 0 Å². The van der Waals surface area contributed by atoms with Crippen molar-refractivity contribution in [1.82, 2.24) is 40.0 Å². The maximum atomic E-state index is 5.11. The van der Waals surface area contributed by atoms with Crippen LogP contribution < -0.4 is 10.6 Å². The summed E-state index contributed by atoms with van der Waals surface area (Å²) < 4.78 is 9.09. The Bertz CT molecular complexity index is 886. The minimum atomic E-state index is 0.428. The lowest BCUT2D eigenvalue weighted by molar-refractivity contribution is 0.195. The quantitative estimate of drug-likeness (QED) is 0.300. The third kappa shape index (κ3) is 5.26. The van der Waals surface area contributed by atoms with Crippen molar-refractivity contribution in [2.45, 2.75) is 32.9 Å². The van der Waals surface area contributed by atoms with Gasteiger partial charge in [0.15, 0.2) is 17.4 Å². The highest BCUT2D eigenvalue weighted by atomic mass is 16.5. The third-order valence-electron chi connectivity index (χ3n) is 4.24. The fourth-order valence-corrected chi connectivity index (χ4v) is 2.78. The van der Waals surface area contributed by atoms with E-state index in [1.54, 1.807) is 13.4 Å². The van der Waals surface area contributed by atoms with Crippen molar-refractivity contribution in [3.8, 4) is 0 Å². The van der Waals surface area contributed by atoms with Crippen molar-refractivity contribution < 1.29 is 4.74 Å². The molecule has 10 heteroatoms. The Hall–Kier alpha value is -3.01. The maximum absolute atomic E-state index is 5.11. The molecule has 3 heterocycles. The molecule has 150 valence electrons. The molecule has 0 aliphatic carbocycles.